The third kappa shape index (κ3) is 3.62. The Labute approximate surface area is 122 Å². The van der Waals surface area contributed by atoms with Crippen LogP contribution < -0.4 is 5.69 Å². The zero-order valence-corrected chi connectivity index (χ0v) is 12.6. The Morgan fingerprint density at radius 3 is 2.37 bits per heavy atom. The van der Waals surface area contributed by atoms with Crippen LogP contribution in [-0.4, -0.2) is 16.1 Å². The molecule has 0 aliphatic rings. The van der Waals surface area contributed by atoms with Crippen LogP contribution in [0.5, 0.6) is 0 Å². The van der Waals surface area contributed by atoms with Gasteiger partial charge in [-0.2, -0.15) is 13.2 Å². The number of halogens is 5. The number of alkyl halides is 4. The molecule has 2 rings (SSSR count). The van der Waals surface area contributed by atoms with Crippen molar-refractivity contribution in [2.24, 2.45) is 0 Å². The minimum absolute atomic E-state index is 0.0672. The highest BCUT2D eigenvalue weighted by molar-refractivity contribution is 9.11. The Balaban J connectivity index is 2.28. The number of rotatable bonds is 3. The van der Waals surface area contributed by atoms with E-state index in [1.165, 1.54) is 0 Å². The predicted molar refractivity (Wildman–Crippen MR) is 73.6 cm³/mol. The van der Waals surface area contributed by atoms with Crippen LogP contribution in [0, 0.1) is 0 Å². The molecule has 1 aromatic carbocycles. The third-order valence-corrected chi connectivity index (χ3v) is 4.29. The fraction of sp³-hybridized carbons (Fsp3) is 0.364. The Hall–Kier alpha value is -0.760. The van der Waals surface area contributed by atoms with Crippen molar-refractivity contribution >= 4 is 42.9 Å². The maximum Gasteiger partial charge on any atom is 0.389 e. The maximum absolute atomic E-state index is 12.2. The molecule has 0 fully saturated rings. The van der Waals surface area contributed by atoms with Crippen molar-refractivity contribution in [3.63, 3.8) is 0 Å². The predicted octanol–water partition coefficient (Wildman–Crippen LogP) is 4.40. The monoisotopic (exact) mass is 400 g/mol. The molecule has 3 nitrogen and oxygen atoms in total. The lowest BCUT2D eigenvalue weighted by molar-refractivity contribution is -0.135. The maximum atomic E-state index is 12.2. The molecule has 0 spiro atoms. The van der Waals surface area contributed by atoms with Crippen molar-refractivity contribution in [2.45, 2.75) is 23.8 Å². The third-order valence-electron chi connectivity index (χ3n) is 2.65. The molecule has 2 aromatic rings. The molecule has 0 aliphatic carbocycles. The van der Waals surface area contributed by atoms with E-state index in [1.54, 1.807) is 12.1 Å². The van der Waals surface area contributed by atoms with Gasteiger partial charge in [0.2, 0.25) is 0 Å². The summed E-state index contributed by atoms with van der Waals surface area (Å²) in [5.41, 5.74) is 1.50. The van der Waals surface area contributed by atoms with E-state index in [9.17, 15) is 18.0 Å². The van der Waals surface area contributed by atoms with E-state index in [4.69, 9.17) is 0 Å². The van der Waals surface area contributed by atoms with Crippen molar-refractivity contribution in [3.05, 3.63) is 32.7 Å². The molecule has 104 valence electrons. The van der Waals surface area contributed by atoms with Crippen LogP contribution in [0.25, 0.3) is 11.0 Å². The summed E-state index contributed by atoms with van der Waals surface area (Å²) in [7, 11) is 0. The van der Waals surface area contributed by atoms with E-state index in [-0.39, 0.29) is 12.1 Å². The van der Waals surface area contributed by atoms with Gasteiger partial charge in [-0.15, -0.1) is 0 Å². The van der Waals surface area contributed by atoms with Gasteiger partial charge in [-0.05, 0) is 24.1 Å². The molecule has 8 heteroatoms. The number of benzene rings is 1. The van der Waals surface area contributed by atoms with Gasteiger partial charge in [0.1, 0.15) is 0 Å². The lowest BCUT2D eigenvalue weighted by atomic mass is 10.1. The minimum Gasteiger partial charge on any atom is -0.306 e. The molecule has 0 bridgehead atoms. The number of hydrogen-bond donors (Lipinski definition) is 2. The quantitative estimate of drug-likeness (QED) is 0.736. The lowest BCUT2D eigenvalue weighted by Gasteiger charge is -2.13. The Bertz CT molecular complexity index is 647. The van der Waals surface area contributed by atoms with Crippen LogP contribution in [0.2, 0.25) is 0 Å². The summed E-state index contributed by atoms with van der Waals surface area (Å²) in [6, 6.07) is 3.33. The molecule has 1 aromatic heterocycles. The molecular weight excluding hydrogens is 393 g/mol. The number of nitrogens with one attached hydrogen (secondary N) is 2. The van der Waals surface area contributed by atoms with Crippen LogP contribution in [-0.2, 0) is 0 Å². The smallest absolute Gasteiger partial charge is 0.306 e. The van der Waals surface area contributed by atoms with Crippen molar-refractivity contribution in [3.8, 4) is 0 Å². The van der Waals surface area contributed by atoms with E-state index in [0.29, 0.717) is 21.1 Å². The summed E-state index contributed by atoms with van der Waals surface area (Å²) >= 11 is 6.55. The molecule has 0 saturated heterocycles. The summed E-state index contributed by atoms with van der Waals surface area (Å²) in [4.78, 5) is 15.9. The summed E-state index contributed by atoms with van der Waals surface area (Å²) in [6.07, 6.45) is -5.11. The molecule has 0 aliphatic heterocycles. The molecule has 2 N–H and O–H groups in total. The van der Waals surface area contributed by atoms with Crippen molar-refractivity contribution in [2.75, 3.05) is 0 Å². The molecule has 1 atom stereocenters. The average molecular weight is 402 g/mol. The van der Waals surface area contributed by atoms with Crippen LogP contribution in [0.3, 0.4) is 0 Å². The summed E-state index contributed by atoms with van der Waals surface area (Å²) in [6.45, 7) is 0. The SMILES string of the molecule is O=c1[nH]c2cc(Br)c(C(Br)CCC(F)(F)F)cc2[nH]1. The van der Waals surface area contributed by atoms with Crippen LogP contribution in [0.1, 0.15) is 23.2 Å². The van der Waals surface area contributed by atoms with Gasteiger partial charge in [0, 0.05) is 15.7 Å². The minimum atomic E-state index is -4.18. The van der Waals surface area contributed by atoms with Gasteiger partial charge < -0.3 is 9.97 Å². The van der Waals surface area contributed by atoms with E-state index in [1.807, 2.05) is 0 Å². The molecule has 1 heterocycles. The molecule has 0 amide bonds. The molecule has 0 saturated carbocycles. The second-order valence-corrected chi connectivity index (χ2v) is 6.08. The van der Waals surface area contributed by atoms with Crippen molar-refractivity contribution < 1.29 is 13.2 Å². The molecular formula is C11H9Br2F3N2O. The standard InChI is InChI=1S/C11H9Br2F3N2O/c12-6(1-2-11(14,15)16)5-3-8-9(4-7(5)13)18-10(19)17-8/h3-4,6H,1-2H2,(H2,17,18,19). The van der Waals surface area contributed by atoms with E-state index >= 15 is 0 Å². The van der Waals surface area contributed by atoms with Gasteiger partial charge in [-0.25, -0.2) is 4.79 Å². The van der Waals surface area contributed by atoms with Gasteiger partial charge in [0.15, 0.2) is 0 Å². The Morgan fingerprint density at radius 1 is 1.21 bits per heavy atom. The summed E-state index contributed by atoms with van der Waals surface area (Å²) in [5.74, 6) is 0. The number of imidazole rings is 1. The first kappa shape index (κ1) is 14.6. The van der Waals surface area contributed by atoms with E-state index < -0.39 is 17.4 Å². The van der Waals surface area contributed by atoms with Gasteiger partial charge in [0.25, 0.3) is 0 Å². The first-order valence-electron chi connectivity index (χ1n) is 5.38. The van der Waals surface area contributed by atoms with Crippen molar-refractivity contribution in [1.29, 1.82) is 0 Å². The number of hydrogen-bond acceptors (Lipinski definition) is 1. The van der Waals surface area contributed by atoms with Gasteiger partial charge in [0.05, 0.1) is 11.0 Å². The summed E-state index contributed by atoms with van der Waals surface area (Å²) < 4.78 is 37.3. The molecule has 1 unspecified atom stereocenters. The summed E-state index contributed by atoms with van der Waals surface area (Å²) in [5, 5.41) is 0. The first-order chi connectivity index (χ1) is 8.76. The Morgan fingerprint density at radius 2 is 1.79 bits per heavy atom. The van der Waals surface area contributed by atoms with Gasteiger partial charge in [-0.1, -0.05) is 31.9 Å². The van der Waals surface area contributed by atoms with Gasteiger partial charge in [-0.3, -0.25) is 0 Å². The molecule has 19 heavy (non-hydrogen) atoms. The van der Waals surface area contributed by atoms with E-state index in [2.05, 4.69) is 41.8 Å². The van der Waals surface area contributed by atoms with Crippen LogP contribution in [0.15, 0.2) is 21.4 Å². The number of fused-ring (bicyclic) bond motifs is 1. The average Bonchev–Trinajstić information content (AvgIpc) is 2.63. The lowest BCUT2D eigenvalue weighted by Crippen LogP contribution is -2.08. The first-order valence-corrected chi connectivity index (χ1v) is 7.09. The number of aromatic amines is 2. The number of H-pyrrole nitrogens is 2. The molecule has 0 radical (unpaired) electrons. The van der Waals surface area contributed by atoms with Crippen LogP contribution >= 0.6 is 31.9 Å². The van der Waals surface area contributed by atoms with E-state index in [0.717, 1.165) is 0 Å². The second-order valence-electron chi connectivity index (χ2n) is 4.12. The van der Waals surface area contributed by atoms with Gasteiger partial charge >= 0.3 is 11.9 Å². The topological polar surface area (TPSA) is 48.6 Å². The highest BCUT2D eigenvalue weighted by atomic mass is 79.9. The zero-order valence-electron chi connectivity index (χ0n) is 9.44. The fourth-order valence-corrected chi connectivity index (χ4v) is 3.29. The normalized spacial score (nSPS) is 13.9. The highest BCUT2D eigenvalue weighted by Crippen LogP contribution is 2.37. The Kier molecular flexibility index (Phi) is 4.10. The fourth-order valence-electron chi connectivity index (χ4n) is 1.76. The zero-order chi connectivity index (χ0) is 14.2. The second kappa shape index (κ2) is 5.32. The largest absolute Gasteiger partial charge is 0.389 e. The van der Waals surface area contributed by atoms with Crippen LogP contribution in [0.4, 0.5) is 13.2 Å². The number of aromatic nitrogens is 2. The van der Waals surface area contributed by atoms with Crippen molar-refractivity contribution in [1.82, 2.24) is 9.97 Å². The highest BCUT2D eigenvalue weighted by Gasteiger charge is 2.28.